The van der Waals surface area contributed by atoms with Crippen LogP contribution in [-0.2, 0) is 0 Å². The van der Waals surface area contributed by atoms with E-state index in [1.165, 1.54) is 0 Å². The minimum absolute atomic E-state index is 0.0796. The van der Waals surface area contributed by atoms with Crippen LogP contribution in [0, 0.1) is 5.92 Å². The summed E-state index contributed by atoms with van der Waals surface area (Å²) in [6, 6.07) is 7.59. The van der Waals surface area contributed by atoms with Gasteiger partial charge in [-0.15, -0.1) is 0 Å². The van der Waals surface area contributed by atoms with Gasteiger partial charge >= 0.3 is 0 Å². The highest BCUT2D eigenvalue weighted by Crippen LogP contribution is 2.29. The highest BCUT2D eigenvalue weighted by Gasteiger charge is 2.22. The van der Waals surface area contributed by atoms with Crippen molar-refractivity contribution in [1.82, 2.24) is 10.1 Å². The number of hydrogen-bond donors (Lipinski definition) is 1. The molecule has 5 nitrogen and oxygen atoms in total. The van der Waals surface area contributed by atoms with Crippen molar-refractivity contribution in [2.24, 2.45) is 11.7 Å². The van der Waals surface area contributed by atoms with E-state index in [0.29, 0.717) is 24.2 Å². The van der Waals surface area contributed by atoms with Crippen molar-refractivity contribution in [3.05, 3.63) is 30.2 Å². The molecule has 0 radical (unpaired) electrons. The van der Waals surface area contributed by atoms with E-state index in [1.807, 2.05) is 24.3 Å². The van der Waals surface area contributed by atoms with Crippen LogP contribution in [-0.4, -0.2) is 23.8 Å². The number of aromatic nitrogens is 2. The number of nitrogens with two attached hydrogens (primary N) is 1. The van der Waals surface area contributed by atoms with Crippen molar-refractivity contribution >= 4 is 0 Å². The molecule has 2 aromatic rings. The molecule has 0 amide bonds. The van der Waals surface area contributed by atoms with Gasteiger partial charge in [-0.05, 0) is 18.1 Å². The topological polar surface area (TPSA) is 74.2 Å². The molecule has 1 heterocycles. The Morgan fingerprint density at radius 3 is 2.68 bits per heavy atom. The SMILES string of the molecule is COc1ccccc1-c1noc(C(CN)C(C)C)n1. The fourth-order valence-corrected chi connectivity index (χ4v) is 1.98. The van der Waals surface area contributed by atoms with Crippen molar-refractivity contribution in [3.8, 4) is 17.1 Å². The number of methoxy groups -OCH3 is 1. The predicted molar refractivity (Wildman–Crippen MR) is 72.9 cm³/mol. The van der Waals surface area contributed by atoms with Crippen LogP contribution >= 0.6 is 0 Å². The van der Waals surface area contributed by atoms with Crippen LogP contribution in [0.3, 0.4) is 0 Å². The summed E-state index contributed by atoms with van der Waals surface area (Å²) in [7, 11) is 1.62. The molecule has 1 aromatic heterocycles. The first-order valence-electron chi connectivity index (χ1n) is 6.34. The molecule has 0 bridgehead atoms. The summed E-state index contributed by atoms with van der Waals surface area (Å²) >= 11 is 0. The molecule has 0 saturated heterocycles. The zero-order chi connectivity index (χ0) is 13.8. The molecule has 0 aliphatic carbocycles. The summed E-state index contributed by atoms with van der Waals surface area (Å²) in [4.78, 5) is 4.44. The summed E-state index contributed by atoms with van der Waals surface area (Å²) < 4.78 is 10.6. The number of nitrogens with zero attached hydrogens (tertiary/aromatic N) is 2. The van der Waals surface area contributed by atoms with Crippen LogP contribution in [0.5, 0.6) is 5.75 Å². The van der Waals surface area contributed by atoms with Crippen LogP contribution in [0.2, 0.25) is 0 Å². The summed E-state index contributed by atoms with van der Waals surface area (Å²) in [5.41, 5.74) is 6.58. The zero-order valence-electron chi connectivity index (χ0n) is 11.5. The lowest BCUT2D eigenvalue weighted by atomic mass is 9.96. The summed E-state index contributed by atoms with van der Waals surface area (Å²) in [5.74, 6) is 2.28. The second-order valence-corrected chi connectivity index (χ2v) is 4.74. The van der Waals surface area contributed by atoms with E-state index in [0.717, 1.165) is 11.3 Å². The van der Waals surface area contributed by atoms with Crippen LogP contribution in [0.4, 0.5) is 0 Å². The van der Waals surface area contributed by atoms with Crippen LogP contribution in [0.25, 0.3) is 11.4 Å². The normalized spacial score (nSPS) is 12.7. The van der Waals surface area contributed by atoms with Crippen molar-refractivity contribution in [3.63, 3.8) is 0 Å². The number of ether oxygens (including phenoxy) is 1. The molecular weight excluding hydrogens is 242 g/mol. The number of benzene rings is 1. The van der Waals surface area contributed by atoms with Crippen molar-refractivity contribution < 1.29 is 9.26 Å². The van der Waals surface area contributed by atoms with Crippen LogP contribution < -0.4 is 10.5 Å². The number of para-hydroxylation sites is 1. The Balaban J connectivity index is 2.35. The average molecular weight is 261 g/mol. The van der Waals surface area contributed by atoms with Gasteiger partial charge in [0.05, 0.1) is 18.6 Å². The number of hydrogen-bond acceptors (Lipinski definition) is 5. The van der Waals surface area contributed by atoms with Crippen molar-refractivity contribution in [2.45, 2.75) is 19.8 Å². The first kappa shape index (κ1) is 13.5. The molecular formula is C14H19N3O2. The molecule has 1 atom stereocenters. The average Bonchev–Trinajstić information content (AvgIpc) is 2.88. The van der Waals surface area contributed by atoms with Gasteiger partial charge in [-0.25, -0.2) is 0 Å². The molecule has 0 aliphatic heterocycles. The van der Waals surface area contributed by atoms with Gasteiger partial charge in [0.25, 0.3) is 0 Å². The second-order valence-electron chi connectivity index (χ2n) is 4.74. The van der Waals surface area contributed by atoms with E-state index in [4.69, 9.17) is 15.0 Å². The lowest BCUT2D eigenvalue weighted by Gasteiger charge is -2.13. The van der Waals surface area contributed by atoms with Gasteiger partial charge in [0.1, 0.15) is 5.75 Å². The van der Waals surface area contributed by atoms with Gasteiger partial charge in [-0.2, -0.15) is 4.98 Å². The summed E-state index contributed by atoms with van der Waals surface area (Å²) in [6.45, 7) is 4.67. The first-order valence-corrected chi connectivity index (χ1v) is 6.34. The van der Waals surface area contributed by atoms with E-state index in [-0.39, 0.29) is 5.92 Å². The quantitative estimate of drug-likeness (QED) is 0.894. The van der Waals surface area contributed by atoms with Crippen LogP contribution in [0.1, 0.15) is 25.7 Å². The Morgan fingerprint density at radius 1 is 1.32 bits per heavy atom. The third-order valence-electron chi connectivity index (χ3n) is 3.17. The lowest BCUT2D eigenvalue weighted by molar-refractivity contribution is 0.324. The van der Waals surface area contributed by atoms with Gasteiger partial charge in [-0.1, -0.05) is 31.1 Å². The number of rotatable bonds is 5. The van der Waals surface area contributed by atoms with Gasteiger partial charge in [-0.3, -0.25) is 0 Å². The first-order chi connectivity index (χ1) is 9.17. The van der Waals surface area contributed by atoms with Gasteiger partial charge in [0.2, 0.25) is 11.7 Å². The Labute approximate surface area is 112 Å². The monoisotopic (exact) mass is 261 g/mol. The molecule has 0 aliphatic rings. The molecule has 5 heteroatoms. The van der Waals surface area contributed by atoms with E-state index >= 15 is 0 Å². The molecule has 1 aromatic carbocycles. The Bertz CT molecular complexity index is 537. The second kappa shape index (κ2) is 5.84. The summed E-state index contributed by atoms with van der Waals surface area (Å²) in [5, 5.41) is 4.02. The van der Waals surface area contributed by atoms with Gasteiger partial charge in [0, 0.05) is 6.54 Å². The van der Waals surface area contributed by atoms with Crippen molar-refractivity contribution in [2.75, 3.05) is 13.7 Å². The van der Waals surface area contributed by atoms with Gasteiger partial charge in [0.15, 0.2) is 0 Å². The van der Waals surface area contributed by atoms with E-state index in [2.05, 4.69) is 24.0 Å². The predicted octanol–water partition coefficient (Wildman–Crippen LogP) is 2.44. The fourth-order valence-electron chi connectivity index (χ4n) is 1.98. The van der Waals surface area contributed by atoms with E-state index < -0.39 is 0 Å². The molecule has 102 valence electrons. The molecule has 1 unspecified atom stereocenters. The Kier molecular flexibility index (Phi) is 4.16. The molecule has 0 saturated carbocycles. The highest BCUT2D eigenvalue weighted by atomic mass is 16.5. The maximum Gasteiger partial charge on any atom is 0.231 e. The molecule has 19 heavy (non-hydrogen) atoms. The maximum absolute atomic E-state index is 5.76. The van der Waals surface area contributed by atoms with E-state index in [1.54, 1.807) is 7.11 Å². The minimum atomic E-state index is 0.0796. The molecule has 0 spiro atoms. The Hall–Kier alpha value is -1.88. The molecule has 0 fully saturated rings. The lowest BCUT2D eigenvalue weighted by Crippen LogP contribution is -2.18. The third kappa shape index (κ3) is 2.76. The molecule has 2 rings (SSSR count). The smallest absolute Gasteiger partial charge is 0.231 e. The summed E-state index contributed by atoms with van der Waals surface area (Å²) in [6.07, 6.45) is 0. The maximum atomic E-state index is 5.76. The van der Waals surface area contributed by atoms with E-state index in [9.17, 15) is 0 Å². The largest absolute Gasteiger partial charge is 0.496 e. The Morgan fingerprint density at radius 2 is 2.05 bits per heavy atom. The minimum Gasteiger partial charge on any atom is -0.496 e. The fraction of sp³-hybridized carbons (Fsp3) is 0.429. The third-order valence-corrected chi connectivity index (χ3v) is 3.17. The highest BCUT2D eigenvalue weighted by molar-refractivity contribution is 5.63. The standard InChI is InChI=1S/C14H19N3O2/c1-9(2)11(8-15)14-16-13(17-19-14)10-6-4-5-7-12(10)18-3/h4-7,9,11H,8,15H2,1-3H3. The zero-order valence-corrected chi connectivity index (χ0v) is 11.5. The van der Waals surface area contributed by atoms with Crippen LogP contribution in [0.15, 0.2) is 28.8 Å². The molecule has 2 N–H and O–H groups in total. The van der Waals surface area contributed by atoms with Gasteiger partial charge < -0.3 is 15.0 Å². The van der Waals surface area contributed by atoms with Crippen molar-refractivity contribution in [1.29, 1.82) is 0 Å².